The van der Waals surface area contributed by atoms with Crippen LogP contribution < -0.4 is 5.14 Å². The Hall–Kier alpha value is -0.0900. The van der Waals surface area contributed by atoms with Crippen LogP contribution in [0.2, 0.25) is 0 Å². The molecule has 0 amide bonds. The minimum absolute atomic E-state index is 0.172. The van der Waals surface area contributed by atoms with Crippen molar-refractivity contribution in [3.63, 3.8) is 0 Å². The van der Waals surface area contributed by atoms with Crippen molar-refractivity contribution in [2.75, 3.05) is 5.75 Å². The maximum atomic E-state index is 11.3. The van der Waals surface area contributed by atoms with E-state index in [2.05, 4.69) is 13.8 Å². The molecule has 4 aliphatic rings. The largest absolute Gasteiger partial charge is 0.229 e. The smallest absolute Gasteiger partial charge is 0.209 e. The molecule has 2 atom stereocenters. The molecule has 4 fully saturated rings. The van der Waals surface area contributed by atoms with Crippen LogP contribution in [0.25, 0.3) is 0 Å². The molecule has 0 aromatic carbocycles. The van der Waals surface area contributed by atoms with Gasteiger partial charge in [0.05, 0.1) is 5.75 Å². The van der Waals surface area contributed by atoms with Crippen LogP contribution in [-0.2, 0) is 10.0 Å². The molecule has 0 spiro atoms. The molecule has 0 saturated heterocycles. The standard InChI is InChI=1S/C14H25NO2S/c1-12-5-11-6-13(2,8-12)10-14(7-11,9-12)3-4-18(15,16)17/h11H,3-10H2,1-2H3,(H2,15,16,17). The Morgan fingerprint density at radius 2 is 1.61 bits per heavy atom. The molecule has 18 heavy (non-hydrogen) atoms. The Balaban J connectivity index is 1.85. The van der Waals surface area contributed by atoms with Gasteiger partial charge in [0.15, 0.2) is 0 Å². The molecule has 3 nitrogen and oxygen atoms in total. The van der Waals surface area contributed by atoms with Crippen molar-refractivity contribution in [1.29, 1.82) is 0 Å². The van der Waals surface area contributed by atoms with Crippen LogP contribution in [0.4, 0.5) is 0 Å². The fraction of sp³-hybridized carbons (Fsp3) is 1.00. The van der Waals surface area contributed by atoms with E-state index in [1.165, 1.54) is 38.5 Å². The van der Waals surface area contributed by atoms with Crippen LogP contribution in [0.3, 0.4) is 0 Å². The van der Waals surface area contributed by atoms with Gasteiger partial charge in [-0.25, -0.2) is 13.6 Å². The second-order valence-electron chi connectivity index (χ2n) is 8.25. The Bertz CT molecular complexity index is 452. The Kier molecular flexibility index (Phi) is 2.52. The minimum atomic E-state index is -3.31. The van der Waals surface area contributed by atoms with Gasteiger partial charge in [-0.15, -0.1) is 0 Å². The SMILES string of the molecule is CC12CC3CC(C)(C1)CC(CCS(N)(=O)=O)(C3)C2. The molecule has 0 radical (unpaired) electrons. The maximum absolute atomic E-state index is 11.3. The van der Waals surface area contributed by atoms with Gasteiger partial charge in [-0.2, -0.15) is 0 Å². The summed E-state index contributed by atoms with van der Waals surface area (Å²) in [5.74, 6) is 1.00. The maximum Gasteiger partial charge on any atom is 0.209 e. The zero-order chi connectivity index (χ0) is 13.2. The highest BCUT2D eigenvalue weighted by atomic mass is 32.2. The Morgan fingerprint density at radius 1 is 1.06 bits per heavy atom. The Morgan fingerprint density at radius 3 is 2.06 bits per heavy atom. The van der Waals surface area contributed by atoms with Crippen molar-refractivity contribution in [2.45, 2.75) is 58.8 Å². The summed E-state index contributed by atoms with van der Waals surface area (Å²) in [6.07, 6.45) is 8.54. The van der Waals surface area contributed by atoms with Crippen molar-refractivity contribution in [3.05, 3.63) is 0 Å². The number of nitrogens with two attached hydrogens (primary N) is 1. The number of primary sulfonamides is 1. The first-order valence-corrected chi connectivity index (χ1v) is 8.83. The van der Waals surface area contributed by atoms with E-state index in [1.54, 1.807) is 0 Å². The van der Waals surface area contributed by atoms with Gasteiger partial charge in [0.2, 0.25) is 10.0 Å². The van der Waals surface area contributed by atoms with Gasteiger partial charge in [0.1, 0.15) is 0 Å². The third-order valence-corrected chi connectivity index (χ3v) is 6.43. The fourth-order valence-corrected chi connectivity index (χ4v) is 7.04. The van der Waals surface area contributed by atoms with Crippen LogP contribution in [-0.4, -0.2) is 14.2 Å². The lowest BCUT2D eigenvalue weighted by atomic mass is 9.40. The van der Waals surface area contributed by atoms with E-state index >= 15 is 0 Å². The van der Waals surface area contributed by atoms with Crippen molar-refractivity contribution >= 4 is 10.0 Å². The van der Waals surface area contributed by atoms with Crippen LogP contribution in [0.1, 0.15) is 58.8 Å². The Labute approximate surface area is 111 Å². The summed E-state index contributed by atoms with van der Waals surface area (Å²) in [5, 5.41) is 5.20. The summed E-state index contributed by atoms with van der Waals surface area (Å²) >= 11 is 0. The van der Waals surface area contributed by atoms with Crippen LogP contribution in [0, 0.1) is 22.2 Å². The van der Waals surface area contributed by atoms with Gasteiger partial charge in [0, 0.05) is 0 Å². The molecule has 4 rings (SSSR count). The second kappa shape index (κ2) is 3.51. The third kappa shape index (κ3) is 2.22. The van der Waals surface area contributed by atoms with Crippen molar-refractivity contribution < 1.29 is 8.42 Å². The van der Waals surface area contributed by atoms with Crippen LogP contribution >= 0.6 is 0 Å². The minimum Gasteiger partial charge on any atom is -0.229 e. The van der Waals surface area contributed by atoms with Gasteiger partial charge in [-0.3, -0.25) is 0 Å². The number of hydrogen-bond acceptors (Lipinski definition) is 2. The molecule has 0 aliphatic heterocycles. The molecule has 4 bridgehead atoms. The highest BCUT2D eigenvalue weighted by Crippen LogP contribution is 2.70. The quantitative estimate of drug-likeness (QED) is 0.858. The van der Waals surface area contributed by atoms with Gasteiger partial charge in [-0.05, 0) is 67.1 Å². The third-order valence-electron chi connectivity index (χ3n) is 5.66. The molecule has 0 aromatic rings. The average molecular weight is 271 g/mol. The summed E-state index contributed by atoms with van der Waals surface area (Å²) in [7, 11) is -3.31. The van der Waals surface area contributed by atoms with E-state index in [-0.39, 0.29) is 11.2 Å². The van der Waals surface area contributed by atoms with E-state index in [0.717, 1.165) is 12.3 Å². The first kappa shape index (κ1) is 12.9. The molecule has 4 saturated carbocycles. The number of hydrogen-bond donors (Lipinski definition) is 1. The molecule has 2 unspecified atom stereocenters. The van der Waals surface area contributed by atoms with Crippen molar-refractivity contribution in [2.24, 2.45) is 27.3 Å². The summed E-state index contributed by atoms with van der Waals surface area (Å²) in [4.78, 5) is 0. The summed E-state index contributed by atoms with van der Waals surface area (Å²) in [6.45, 7) is 4.84. The van der Waals surface area contributed by atoms with E-state index in [9.17, 15) is 8.42 Å². The summed E-state index contributed by atoms with van der Waals surface area (Å²) < 4.78 is 22.5. The second-order valence-corrected chi connectivity index (χ2v) is 9.98. The molecular weight excluding hydrogens is 246 g/mol. The lowest BCUT2D eigenvalue weighted by molar-refractivity contribution is -0.145. The molecule has 4 aliphatic carbocycles. The molecule has 0 aromatic heterocycles. The summed E-state index contributed by atoms with van der Waals surface area (Å²) in [5.41, 5.74) is 1.20. The predicted molar refractivity (Wildman–Crippen MR) is 72.4 cm³/mol. The molecule has 0 heterocycles. The monoisotopic (exact) mass is 271 g/mol. The van der Waals surface area contributed by atoms with E-state index in [4.69, 9.17) is 5.14 Å². The summed E-state index contributed by atoms with van der Waals surface area (Å²) in [6, 6.07) is 0. The highest BCUT2D eigenvalue weighted by Gasteiger charge is 2.59. The van der Waals surface area contributed by atoms with Gasteiger partial charge in [0.25, 0.3) is 0 Å². The van der Waals surface area contributed by atoms with Gasteiger partial charge < -0.3 is 0 Å². The number of sulfonamides is 1. The molecule has 4 heteroatoms. The average Bonchev–Trinajstić information content (AvgIpc) is 2.07. The van der Waals surface area contributed by atoms with Gasteiger partial charge in [-0.1, -0.05) is 13.8 Å². The predicted octanol–water partition coefficient (Wildman–Crippen LogP) is 2.66. The normalized spacial score (nSPS) is 50.7. The topological polar surface area (TPSA) is 60.2 Å². The van der Waals surface area contributed by atoms with E-state index in [0.29, 0.717) is 10.8 Å². The molecule has 2 N–H and O–H groups in total. The van der Waals surface area contributed by atoms with Crippen LogP contribution in [0.5, 0.6) is 0 Å². The zero-order valence-corrected chi connectivity index (χ0v) is 12.4. The molecule has 104 valence electrons. The lowest BCUT2D eigenvalue weighted by Crippen LogP contribution is -2.55. The lowest BCUT2D eigenvalue weighted by Gasteiger charge is -2.65. The first-order valence-electron chi connectivity index (χ1n) is 7.12. The molecular formula is C14H25NO2S. The fourth-order valence-electron chi connectivity index (χ4n) is 6.32. The van der Waals surface area contributed by atoms with E-state index in [1.807, 2.05) is 0 Å². The van der Waals surface area contributed by atoms with Crippen molar-refractivity contribution in [3.8, 4) is 0 Å². The van der Waals surface area contributed by atoms with Crippen molar-refractivity contribution in [1.82, 2.24) is 0 Å². The van der Waals surface area contributed by atoms with E-state index < -0.39 is 10.0 Å². The van der Waals surface area contributed by atoms with Gasteiger partial charge >= 0.3 is 0 Å². The zero-order valence-electron chi connectivity index (χ0n) is 11.5. The first-order chi connectivity index (χ1) is 8.11. The number of rotatable bonds is 3. The van der Waals surface area contributed by atoms with Crippen LogP contribution in [0.15, 0.2) is 0 Å². The highest BCUT2D eigenvalue weighted by molar-refractivity contribution is 7.89.